The summed E-state index contributed by atoms with van der Waals surface area (Å²) in [6.07, 6.45) is 3.66. The fraction of sp³-hybridized carbons (Fsp3) is 0.227. The summed E-state index contributed by atoms with van der Waals surface area (Å²) in [6, 6.07) is 10.9. The predicted octanol–water partition coefficient (Wildman–Crippen LogP) is 4.99. The summed E-state index contributed by atoms with van der Waals surface area (Å²) in [4.78, 5) is 8.77. The number of ether oxygens (including phenoxy) is 2. The van der Waals surface area contributed by atoms with Crippen LogP contribution in [0.4, 0.5) is 27.1 Å². The van der Waals surface area contributed by atoms with Crippen LogP contribution in [0.2, 0.25) is 0 Å². The van der Waals surface area contributed by atoms with Crippen molar-refractivity contribution < 1.29 is 13.9 Å². The van der Waals surface area contributed by atoms with Crippen LogP contribution in [0.5, 0.6) is 11.5 Å². The summed E-state index contributed by atoms with van der Waals surface area (Å²) in [5, 5.41) is 7.48. The maximum absolute atomic E-state index is 12.4. The number of halogens is 1. The zero-order valence-corrected chi connectivity index (χ0v) is 17.2. The van der Waals surface area contributed by atoms with Crippen molar-refractivity contribution >= 4 is 35.2 Å². The lowest BCUT2D eigenvalue weighted by Gasteiger charge is -2.13. The lowest BCUT2D eigenvalue weighted by Crippen LogP contribution is -2.00. The van der Waals surface area contributed by atoms with E-state index in [-0.39, 0.29) is 6.61 Å². The molecule has 2 aromatic carbocycles. The maximum Gasteiger partial charge on any atom is 0.125 e. The summed E-state index contributed by atoms with van der Waals surface area (Å²) in [5.41, 5.74) is 4.61. The van der Waals surface area contributed by atoms with Crippen molar-refractivity contribution in [2.75, 3.05) is 25.7 Å². The molecule has 0 radical (unpaired) electrons. The number of anilines is 2. The number of alkyl halides is 1. The van der Waals surface area contributed by atoms with Crippen LogP contribution in [0, 0.1) is 0 Å². The summed E-state index contributed by atoms with van der Waals surface area (Å²) in [5.74, 6) is 1.12. The van der Waals surface area contributed by atoms with Gasteiger partial charge in [0.15, 0.2) is 0 Å². The second kappa shape index (κ2) is 9.69. The molecule has 1 aromatic heterocycles. The van der Waals surface area contributed by atoms with Crippen molar-refractivity contribution in [3.8, 4) is 11.5 Å². The maximum atomic E-state index is 12.4. The third-order valence-electron chi connectivity index (χ3n) is 4.31. The molecule has 0 bridgehead atoms. The zero-order chi connectivity index (χ0) is 21.5. The lowest BCUT2D eigenvalue weighted by atomic mass is 10.2. The number of aliphatic imine (C=N–C) groups is 2. The van der Waals surface area contributed by atoms with E-state index in [0.717, 1.165) is 22.6 Å². The van der Waals surface area contributed by atoms with Gasteiger partial charge in [0, 0.05) is 54.1 Å². The summed E-state index contributed by atoms with van der Waals surface area (Å²) >= 11 is 0. The van der Waals surface area contributed by atoms with Gasteiger partial charge in [-0.2, -0.15) is 5.10 Å². The number of hydrogen-bond acceptors (Lipinski definition) is 6. The molecule has 0 amide bonds. The van der Waals surface area contributed by atoms with E-state index in [4.69, 9.17) is 14.5 Å². The first kappa shape index (κ1) is 21.0. The highest BCUT2D eigenvalue weighted by atomic mass is 19.1. The molecule has 0 saturated heterocycles. The van der Waals surface area contributed by atoms with Gasteiger partial charge >= 0.3 is 0 Å². The normalized spacial score (nSPS) is 11.3. The summed E-state index contributed by atoms with van der Waals surface area (Å²) < 4.78 is 24.9. The molecule has 1 heterocycles. The number of aromatic nitrogens is 2. The first-order chi connectivity index (χ1) is 14.5. The topological polar surface area (TPSA) is 73.0 Å². The van der Waals surface area contributed by atoms with Gasteiger partial charge in [-0.15, -0.1) is 0 Å². The standard InChI is InChI=1S/C22H24FN5O2/c1-15(16-13-25-28(3)14-16)26-22-11-17(5-6-21(22)24-2)27-18-9-19(29-4)12-20(10-18)30-8-7-23/h5-6,9-14,27H,2,7-8H2,1,3-4H3. The molecule has 0 spiro atoms. The van der Waals surface area contributed by atoms with Crippen molar-refractivity contribution in [2.45, 2.75) is 6.92 Å². The number of aryl methyl sites for hydroxylation is 1. The van der Waals surface area contributed by atoms with Crippen LogP contribution in [0.3, 0.4) is 0 Å². The van der Waals surface area contributed by atoms with Gasteiger partial charge < -0.3 is 14.8 Å². The molecule has 0 aliphatic carbocycles. The highest BCUT2D eigenvalue weighted by Gasteiger charge is 2.08. The molecule has 1 N–H and O–H groups in total. The monoisotopic (exact) mass is 409 g/mol. The molecule has 0 fully saturated rings. The summed E-state index contributed by atoms with van der Waals surface area (Å²) in [7, 11) is 3.42. The molecule has 0 saturated carbocycles. The van der Waals surface area contributed by atoms with E-state index in [1.54, 1.807) is 30.1 Å². The van der Waals surface area contributed by atoms with Gasteiger partial charge in [0.05, 0.1) is 24.7 Å². The van der Waals surface area contributed by atoms with Gasteiger partial charge in [0.25, 0.3) is 0 Å². The van der Waals surface area contributed by atoms with Crippen molar-refractivity contribution in [3.63, 3.8) is 0 Å². The average molecular weight is 409 g/mol. The van der Waals surface area contributed by atoms with Gasteiger partial charge in [-0.05, 0) is 31.8 Å². The number of nitrogens with zero attached hydrogens (tertiary/aromatic N) is 4. The van der Waals surface area contributed by atoms with Gasteiger partial charge in [-0.3, -0.25) is 14.7 Å². The third-order valence-corrected chi connectivity index (χ3v) is 4.31. The minimum atomic E-state index is -0.562. The molecule has 3 aromatic rings. The molecular formula is C22H24FN5O2. The van der Waals surface area contributed by atoms with E-state index in [2.05, 4.69) is 22.1 Å². The Labute approximate surface area is 174 Å². The van der Waals surface area contributed by atoms with Crippen molar-refractivity contribution in [1.82, 2.24) is 9.78 Å². The Kier molecular flexibility index (Phi) is 6.79. The van der Waals surface area contributed by atoms with E-state index >= 15 is 0 Å². The first-order valence-corrected chi connectivity index (χ1v) is 9.32. The summed E-state index contributed by atoms with van der Waals surface area (Å²) in [6.45, 7) is 4.97. The van der Waals surface area contributed by atoms with Gasteiger partial charge in [-0.25, -0.2) is 4.39 Å². The fourth-order valence-electron chi connectivity index (χ4n) is 2.85. The van der Waals surface area contributed by atoms with Gasteiger partial charge in [-0.1, -0.05) is 0 Å². The molecule has 0 atom stereocenters. The number of benzene rings is 2. The Morgan fingerprint density at radius 1 is 1.17 bits per heavy atom. The van der Waals surface area contributed by atoms with Crippen LogP contribution in [-0.4, -0.2) is 42.6 Å². The lowest BCUT2D eigenvalue weighted by molar-refractivity contribution is 0.272. The fourth-order valence-corrected chi connectivity index (χ4v) is 2.85. The Balaban J connectivity index is 1.90. The quantitative estimate of drug-likeness (QED) is 0.505. The van der Waals surface area contributed by atoms with Crippen LogP contribution >= 0.6 is 0 Å². The second-order valence-corrected chi connectivity index (χ2v) is 6.52. The van der Waals surface area contributed by atoms with E-state index in [1.807, 2.05) is 44.4 Å². The largest absolute Gasteiger partial charge is 0.497 e. The second-order valence-electron chi connectivity index (χ2n) is 6.52. The van der Waals surface area contributed by atoms with Crippen LogP contribution in [0.15, 0.2) is 58.8 Å². The van der Waals surface area contributed by atoms with Crippen LogP contribution in [0.1, 0.15) is 12.5 Å². The third kappa shape index (κ3) is 5.22. The number of nitrogens with one attached hydrogen (secondary N) is 1. The molecule has 156 valence electrons. The predicted molar refractivity (Wildman–Crippen MR) is 118 cm³/mol. The average Bonchev–Trinajstić information content (AvgIpc) is 3.19. The number of rotatable bonds is 9. The van der Waals surface area contributed by atoms with Crippen LogP contribution in [-0.2, 0) is 7.05 Å². The molecular weight excluding hydrogens is 385 g/mol. The molecule has 0 unspecified atom stereocenters. The molecule has 30 heavy (non-hydrogen) atoms. The van der Waals surface area contributed by atoms with Gasteiger partial charge in [0.1, 0.15) is 24.8 Å². The van der Waals surface area contributed by atoms with Crippen LogP contribution in [0.25, 0.3) is 0 Å². The van der Waals surface area contributed by atoms with E-state index in [1.165, 1.54) is 0 Å². The number of hydrogen-bond donors (Lipinski definition) is 1. The minimum Gasteiger partial charge on any atom is -0.497 e. The number of methoxy groups -OCH3 is 1. The Bertz CT molecular complexity index is 1060. The van der Waals surface area contributed by atoms with E-state index in [0.29, 0.717) is 22.9 Å². The Morgan fingerprint density at radius 2 is 1.97 bits per heavy atom. The van der Waals surface area contributed by atoms with E-state index < -0.39 is 6.67 Å². The van der Waals surface area contributed by atoms with Crippen molar-refractivity contribution in [2.24, 2.45) is 17.0 Å². The molecule has 8 heteroatoms. The molecule has 7 nitrogen and oxygen atoms in total. The SMILES string of the molecule is C=Nc1ccc(Nc2cc(OC)cc(OCCF)c2)cc1N=C(C)c1cnn(C)c1. The zero-order valence-electron chi connectivity index (χ0n) is 17.2. The van der Waals surface area contributed by atoms with Gasteiger partial charge in [0.2, 0.25) is 0 Å². The highest BCUT2D eigenvalue weighted by Crippen LogP contribution is 2.34. The Morgan fingerprint density at radius 3 is 2.63 bits per heavy atom. The first-order valence-electron chi connectivity index (χ1n) is 9.32. The Hall–Kier alpha value is -3.68. The smallest absolute Gasteiger partial charge is 0.125 e. The molecule has 0 aliphatic heterocycles. The van der Waals surface area contributed by atoms with Crippen LogP contribution < -0.4 is 14.8 Å². The molecule has 0 aliphatic rings. The molecule has 3 rings (SSSR count). The van der Waals surface area contributed by atoms with Crippen molar-refractivity contribution in [1.29, 1.82) is 0 Å². The minimum absolute atomic E-state index is 0.0151. The van der Waals surface area contributed by atoms with E-state index in [9.17, 15) is 4.39 Å². The highest BCUT2D eigenvalue weighted by molar-refractivity contribution is 6.00. The van der Waals surface area contributed by atoms with Crippen molar-refractivity contribution in [3.05, 3.63) is 54.4 Å².